The molecule has 1 saturated carbocycles. The van der Waals surface area contributed by atoms with Gasteiger partial charge in [0.05, 0.1) is 10.6 Å². The third-order valence-electron chi connectivity index (χ3n) is 6.40. The van der Waals surface area contributed by atoms with Crippen LogP contribution in [0.5, 0.6) is 5.75 Å². The van der Waals surface area contributed by atoms with Crippen LogP contribution >= 0.6 is 11.6 Å². The molecule has 0 bridgehead atoms. The van der Waals surface area contributed by atoms with Crippen LogP contribution in [0.1, 0.15) is 44.6 Å². The lowest BCUT2D eigenvalue weighted by atomic mass is 9.71. The molecule has 0 radical (unpaired) electrons. The van der Waals surface area contributed by atoms with E-state index in [4.69, 9.17) is 20.8 Å². The summed E-state index contributed by atoms with van der Waals surface area (Å²) in [6, 6.07) is 4.74. The summed E-state index contributed by atoms with van der Waals surface area (Å²) >= 11 is 6.35. The number of carbonyl (C=O) groups is 1. The predicted molar refractivity (Wildman–Crippen MR) is 110 cm³/mol. The van der Waals surface area contributed by atoms with Crippen molar-refractivity contribution in [3.63, 3.8) is 0 Å². The molecule has 156 valence electrons. The minimum Gasteiger partial charge on any atom is -0.482 e. The number of aliphatic hydroxyl groups is 1. The van der Waals surface area contributed by atoms with Gasteiger partial charge in [-0.25, -0.2) is 4.79 Å². The Labute approximate surface area is 174 Å². The Balaban J connectivity index is 1.46. The summed E-state index contributed by atoms with van der Waals surface area (Å²) < 4.78 is 11.0. The van der Waals surface area contributed by atoms with Crippen LogP contribution in [0.2, 0.25) is 5.02 Å². The number of nitrogens with zero attached hydrogens (tertiary/aromatic N) is 1. The lowest BCUT2D eigenvalue weighted by Gasteiger charge is -2.47. The molecule has 1 aromatic carbocycles. The number of hydrogen-bond acceptors (Lipinski definition) is 5. The first-order chi connectivity index (χ1) is 13.9. The molecule has 2 fully saturated rings. The van der Waals surface area contributed by atoms with E-state index < -0.39 is 11.2 Å². The van der Waals surface area contributed by atoms with Crippen molar-refractivity contribution in [3.8, 4) is 5.75 Å². The maximum Gasteiger partial charge on any atom is 0.336 e. The zero-order valence-electron chi connectivity index (χ0n) is 16.6. The van der Waals surface area contributed by atoms with Gasteiger partial charge in [0, 0.05) is 36.5 Å². The molecule has 2 heterocycles. The molecule has 1 aromatic heterocycles. The number of amides is 1. The maximum absolute atomic E-state index is 12.7. The summed E-state index contributed by atoms with van der Waals surface area (Å²) in [7, 11) is 0. The van der Waals surface area contributed by atoms with E-state index in [0.29, 0.717) is 42.3 Å². The highest BCUT2D eigenvalue weighted by Gasteiger charge is 2.43. The second-order valence-corrected chi connectivity index (χ2v) is 8.55. The van der Waals surface area contributed by atoms with Gasteiger partial charge in [-0.05, 0) is 37.3 Å². The minimum atomic E-state index is -0.619. The third kappa shape index (κ3) is 4.01. The van der Waals surface area contributed by atoms with Gasteiger partial charge in [-0.2, -0.15) is 0 Å². The quantitative estimate of drug-likeness (QED) is 0.766. The Bertz CT molecular complexity index is 987. The Morgan fingerprint density at radius 2 is 2.17 bits per heavy atom. The number of rotatable bonds is 4. The molecule has 2 aromatic rings. The van der Waals surface area contributed by atoms with E-state index in [0.717, 1.165) is 36.6 Å². The van der Waals surface area contributed by atoms with Gasteiger partial charge in [-0.3, -0.25) is 4.79 Å². The van der Waals surface area contributed by atoms with Gasteiger partial charge in [0.1, 0.15) is 11.3 Å². The van der Waals surface area contributed by atoms with E-state index in [2.05, 4.69) is 0 Å². The van der Waals surface area contributed by atoms with Crippen molar-refractivity contribution in [2.75, 3.05) is 19.7 Å². The van der Waals surface area contributed by atoms with Gasteiger partial charge < -0.3 is 19.2 Å². The van der Waals surface area contributed by atoms with E-state index in [1.807, 2.05) is 6.92 Å². The molecule has 0 spiro atoms. The Kier molecular flexibility index (Phi) is 5.58. The number of carbonyl (C=O) groups excluding carboxylic acids is 1. The number of aryl methyl sites for hydroxylation is 1. The summed E-state index contributed by atoms with van der Waals surface area (Å²) in [5, 5.41) is 11.9. The second kappa shape index (κ2) is 8.00. The van der Waals surface area contributed by atoms with Crippen molar-refractivity contribution in [1.82, 2.24) is 4.90 Å². The minimum absolute atomic E-state index is 0.127. The molecule has 1 aliphatic heterocycles. The van der Waals surface area contributed by atoms with Gasteiger partial charge in [-0.1, -0.05) is 31.4 Å². The number of halogens is 1. The summed E-state index contributed by atoms with van der Waals surface area (Å²) in [6.45, 7) is 2.92. The number of fused-ring (bicyclic) bond motifs is 2. The lowest BCUT2D eigenvalue weighted by Crippen LogP contribution is -2.55. The Morgan fingerprint density at radius 3 is 2.97 bits per heavy atom. The number of piperidine rings is 1. The van der Waals surface area contributed by atoms with E-state index in [1.165, 1.54) is 6.07 Å². The molecule has 2 atom stereocenters. The van der Waals surface area contributed by atoms with Crippen molar-refractivity contribution in [1.29, 1.82) is 0 Å². The average molecular weight is 420 g/mol. The first kappa shape index (κ1) is 20.2. The summed E-state index contributed by atoms with van der Waals surface area (Å²) in [6.07, 6.45) is 5.23. The fraction of sp³-hybridized carbons (Fsp3) is 0.545. The monoisotopic (exact) mass is 419 g/mol. The average Bonchev–Trinajstić information content (AvgIpc) is 2.71. The third-order valence-corrected chi connectivity index (χ3v) is 6.69. The largest absolute Gasteiger partial charge is 0.482 e. The van der Waals surface area contributed by atoms with Crippen molar-refractivity contribution < 1.29 is 19.1 Å². The number of ether oxygens (including phenoxy) is 1. The van der Waals surface area contributed by atoms with Gasteiger partial charge in [0.25, 0.3) is 5.91 Å². The zero-order valence-corrected chi connectivity index (χ0v) is 17.3. The van der Waals surface area contributed by atoms with Crippen LogP contribution in [0, 0.1) is 5.92 Å². The Hall–Kier alpha value is -2.05. The molecule has 1 amide bonds. The molecular weight excluding hydrogens is 394 g/mol. The van der Waals surface area contributed by atoms with E-state index in [-0.39, 0.29) is 18.4 Å². The SMILES string of the molecule is CCc1cc(=O)oc2cc(OCC(=O)N3CC[C@]4(O)CCCC[C@H]4C3)c(Cl)cc12. The summed E-state index contributed by atoms with van der Waals surface area (Å²) in [5.41, 5.74) is 0.207. The summed E-state index contributed by atoms with van der Waals surface area (Å²) in [5.74, 6) is 0.326. The highest BCUT2D eigenvalue weighted by Crippen LogP contribution is 2.40. The Morgan fingerprint density at radius 1 is 1.34 bits per heavy atom. The van der Waals surface area contributed by atoms with E-state index in [9.17, 15) is 14.7 Å². The van der Waals surface area contributed by atoms with E-state index >= 15 is 0 Å². The molecule has 4 rings (SSSR count). The molecular formula is C22H26ClNO5. The van der Waals surface area contributed by atoms with Crippen LogP contribution in [0.3, 0.4) is 0 Å². The van der Waals surface area contributed by atoms with Crippen molar-refractivity contribution in [3.05, 3.63) is 39.2 Å². The zero-order chi connectivity index (χ0) is 20.6. The highest BCUT2D eigenvalue weighted by molar-refractivity contribution is 6.32. The first-order valence-corrected chi connectivity index (χ1v) is 10.7. The lowest BCUT2D eigenvalue weighted by molar-refractivity contribution is -0.145. The molecule has 0 unspecified atom stereocenters. The fourth-order valence-electron chi connectivity index (χ4n) is 4.66. The predicted octanol–water partition coefficient (Wildman–Crippen LogP) is 3.54. The van der Waals surface area contributed by atoms with Crippen LogP contribution in [0.15, 0.2) is 27.4 Å². The fourth-order valence-corrected chi connectivity index (χ4v) is 4.88. The number of hydrogen-bond donors (Lipinski definition) is 1. The van der Waals surface area contributed by atoms with Crippen molar-refractivity contribution in [2.45, 2.75) is 51.0 Å². The van der Waals surface area contributed by atoms with Gasteiger partial charge >= 0.3 is 5.63 Å². The van der Waals surface area contributed by atoms with Crippen LogP contribution < -0.4 is 10.4 Å². The van der Waals surface area contributed by atoms with E-state index in [1.54, 1.807) is 17.0 Å². The number of benzene rings is 1. The molecule has 6 nitrogen and oxygen atoms in total. The van der Waals surface area contributed by atoms with Gasteiger partial charge in [0.2, 0.25) is 0 Å². The van der Waals surface area contributed by atoms with Crippen molar-refractivity contribution >= 4 is 28.5 Å². The van der Waals surface area contributed by atoms with Crippen LogP contribution in [0.25, 0.3) is 11.0 Å². The molecule has 7 heteroatoms. The van der Waals surface area contributed by atoms with Crippen LogP contribution in [-0.2, 0) is 11.2 Å². The van der Waals surface area contributed by atoms with Crippen LogP contribution in [-0.4, -0.2) is 41.2 Å². The van der Waals surface area contributed by atoms with Crippen molar-refractivity contribution in [2.24, 2.45) is 5.92 Å². The van der Waals surface area contributed by atoms with Crippen LogP contribution in [0.4, 0.5) is 0 Å². The second-order valence-electron chi connectivity index (χ2n) is 8.15. The standard InChI is InChI=1S/C22H26ClNO5/c1-2-14-9-21(26)29-18-11-19(17(23)10-16(14)18)28-13-20(25)24-8-7-22(27)6-4-3-5-15(22)12-24/h9-11,15,27H,2-8,12-13H2,1H3/t15-,22+/m0/s1. The smallest absolute Gasteiger partial charge is 0.336 e. The highest BCUT2D eigenvalue weighted by atomic mass is 35.5. The van der Waals surface area contributed by atoms with Gasteiger partial charge in [0.15, 0.2) is 6.61 Å². The summed E-state index contributed by atoms with van der Waals surface area (Å²) in [4.78, 5) is 26.2. The molecule has 29 heavy (non-hydrogen) atoms. The molecule has 1 saturated heterocycles. The topological polar surface area (TPSA) is 80.0 Å². The molecule has 1 N–H and O–H groups in total. The van der Waals surface area contributed by atoms with Gasteiger partial charge in [-0.15, -0.1) is 0 Å². The maximum atomic E-state index is 12.7. The molecule has 2 aliphatic rings. The molecule has 1 aliphatic carbocycles. The first-order valence-electron chi connectivity index (χ1n) is 10.3. The number of likely N-dealkylation sites (tertiary alicyclic amines) is 1. The normalized spacial score (nSPS) is 24.4.